The molecule has 0 saturated heterocycles. The Morgan fingerprint density at radius 1 is 0.964 bits per heavy atom. The molecule has 0 aliphatic rings. The van der Waals surface area contributed by atoms with Gasteiger partial charge < -0.3 is 0 Å². The summed E-state index contributed by atoms with van der Waals surface area (Å²) in [6.45, 7) is 4.20. The van der Waals surface area contributed by atoms with Gasteiger partial charge in [-0.25, -0.2) is 8.42 Å². The molecule has 3 rings (SSSR count). The van der Waals surface area contributed by atoms with Crippen molar-refractivity contribution in [1.82, 2.24) is 4.31 Å². The summed E-state index contributed by atoms with van der Waals surface area (Å²) in [5, 5.41) is 0. The molecule has 2 aromatic carbocycles. The van der Waals surface area contributed by atoms with E-state index < -0.39 is 10.0 Å². The number of hydrogen-bond donors (Lipinski definition) is 0. The highest BCUT2D eigenvalue weighted by Crippen LogP contribution is 2.23. The van der Waals surface area contributed by atoms with Crippen molar-refractivity contribution in [3.8, 4) is 0 Å². The molecule has 3 aromatic rings. The van der Waals surface area contributed by atoms with Crippen LogP contribution in [0.25, 0.3) is 0 Å². The van der Waals surface area contributed by atoms with E-state index >= 15 is 0 Å². The molecule has 0 saturated carbocycles. The van der Waals surface area contributed by atoms with Gasteiger partial charge >= 0.3 is 0 Å². The van der Waals surface area contributed by atoms with Gasteiger partial charge in [0.1, 0.15) is 0 Å². The van der Waals surface area contributed by atoms with E-state index in [9.17, 15) is 13.2 Å². The second kappa shape index (κ2) is 8.82. The third-order valence-corrected chi connectivity index (χ3v) is 7.36. The summed E-state index contributed by atoms with van der Waals surface area (Å²) in [6, 6.07) is 20.0. The van der Waals surface area contributed by atoms with Crippen LogP contribution in [0.3, 0.4) is 0 Å². The summed E-state index contributed by atoms with van der Waals surface area (Å²) in [5.41, 5.74) is 1.60. The average molecular weight is 414 g/mol. The third-order valence-electron chi connectivity index (χ3n) is 4.52. The number of carbonyl (C=O) groups excluding carboxylic acids is 1. The minimum atomic E-state index is -3.67. The molecule has 0 amide bonds. The fourth-order valence-electron chi connectivity index (χ4n) is 2.94. The number of Topliss-reactive ketones (excluding diaryl/α,β-unsaturated/α-hetero) is 1. The topological polar surface area (TPSA) is 54.5 Å². The Morgan fingerprint density at radius 2 is 1.64 bits per heavy atom. The van der Waals surface area contributed by atoms with Gasteiger partial charge in [0.2, 0.25) is 10.0 Å². The number of thiophene rings is 1. The predicted molar refractivity (Wildman–Crippen MR) is 113 cm³/mol. The van der Waals surface area contributed by atoms with Crippen molar-refractivity contribution in [2.24, 2.45) is 0 Å². The van der Waals surface area contributed by atoms with Gasteiger partial charge in [-0.05, 0) is 50.1 Å². The Balaban J connectivity index is 1.87. The van der Waals surface area contributed by atoms with Crippen LogP contribution in [0.15, 0.2) is 71.6 Å². The molecule has 0 unspecified atom stereocenters. The van der Waals surface area contributed by atoms with Gasteiger partial charge in [-0.2, -0.15) is 4.31 Å². The number of hydrogen-bond acceptors (Lipinski definition) is 4. The van der Waals surface area contributed by atoms with Crippen molar-refractivity contribution in [1.29, 1.82) is 0 Å². The molecule has 0 fully saturated rings. The maximum Gasteiger partial charge on any atom is 0.243 e. The summed E-state index contributed by atoms with van der Waals surface area (Å²) in [5.74, 6) is -0.0843. The van der Waals surface area contributed by atoms with Gasteiger partial charge in [-0.3, -0.25) is 4.79 Å². The molecule has 0 aliphatic carbocycles. The Bertz CT molecular complexity index is 1040. The molecule has 28 heavy (non-hydrogen) atoms. The van der Waals surface area contributed by atoms with E-state index in [4.69, 9.17) is 0 Å². The maximum absolute atomic E-state index is 13.3. The molecular formula is C22H23NO3S2. The number of carbonyl (C=O) groups is 1. The fourth-order valence-corrected chi connectivity index (χ4v) is 5.34. The number of benzene rings is 2. The average Bonchev–Trinajstić information content (AvgIpc) is 3.10. The van der Waals surface area contributed by atoms with Crippen LogP contribution in [0, 0.1) is 6.92 Å². The first-order chi connectivity index (χ1) is 13.4. The molecule has 6 heteroatoms. The Kier molecular flexibility index (Phi) is 6.44. The van der Waals surface area contributed by atoms with Crippen molar-refractivity contribution in [3.05, 3.63) is 87.6 Å². The summed E-state index contributed by atoms with van der Waals surface area (Å²) in [6.07, 6.45) is 0.635. The minimum Gasteiger partial charge on any atom is -0.295 e. The van der Waals surface area contributed by atoms with Crippen LogP contribution < -0.4 is 0 Å². The predicted octanol–water partition coefficient (Wildman–Crippen LogP) is 4.69. The zero-order valence-electron chi connectivity index (χ0n) is 16.0. The highest BCUT2D eigenvalue weighted by atomic mass is 32.2. The van der Waals surface area contributed by atoms with Crippen LogP contribution >= 0.6 is 11.3 Å². The molecule has 1 heterocycles. The molecule has 4 nitrogen and oxygen atoms in total. The van der Waals surface area contributed by atoms with Gasteiger partial charge in [0.15, 0.2) is 5.78 Å². The second-order valence-electron chi connectivity index (χ2n) is 6.67. The number of sulfonamides is 1. The summed E-state index contributed by atoms with van der Waals surface area (Å²) >= 11 is 1.60. The SMILES string of the molecule is CC(=O)c1ccc(S(=O)(=O)N(CCc2ccccc2)Cc2ccc(C)s2)cc1. The van der Waals surface area contributed by atoms with E-state index in [-0.39, 0.29) is 10.7 Å². The van der Waals surface area contributed by atoms with Crippen LogP contribution in [-0.2, 0) is 23.0 Å². The lowest BCUT2D eigenvalue weighted by Crippen LogP contribution is -2.32. The molecule has 0 aliphatic heterocycles. The Morgan fingerprint density at radius 3 is 2.21 bits per heavy atom. The Hall–Kier alpha value is -2.28. The van der Waals surface area contributed by atoms with E-state index in [1.54, 1.807) is 23.5 Å². The first-order valence-electron chi connectivity index (χ1n) is 9.06. The molecule has 0 atom stereocenters. The van der Waals surface area contributed by atoms with Crippen molar-refractivity contribution >= 4 is 27.1 Å². The summed E-state index contributed by atoms with van der Waals surface area (Å²) in [4.78, 5) is 13.9. The quantitative estimate of drug-likeness (QED) is 0.503. The zero-order valence-corrected chi connectivity index (χ0v) is 17.6. The molecule has 0 bridgehead atoms. The number of ketones is 1. The number of rotatable bonds is 8. The van der Waals surface area contributed by atoms with Crippen molar-refractivity contribution in [3.63, 3.8) is 0 Å². The van der Waals surface area contributed by atoms with Crippen molar-refractivity contribution < 1.29 is 13.2 Å². The lowest BCUT2D eigenvalue weighted by Gasteiger charge is -2.22. The maximum atomic E-state index is 13.3. The van der Waals surface area contributed by atoms with Crippen molar-refractivity contribution in [2.45, 2.75) is 31.7 Å². The van der Waals surface area contributed by atoms with E-state index in [1.807, 2.05) is 49.4 Å². The first-order valence-corrected chi connectivity index (χ1v) is 11.3. The van der Waals surface area contributed by atoms with Crippen LogP contribution in [-0.4, -0.2) is 25.1 Å². The molecule has 0 N–H and O–H groups in total. The Labute approximate surface area is 170 Å². The van der Waals surface area contributed by atoms with E-state index in [0.29, 0.717) is 25.1 Å². The lowest BCUT2D eigenvalue weighted by molar-refractivity contribution is 0.101. The van der Waals surface area contributed by atoms with Crippen LogP contribution in [0.2, 0.25) is 0 Å². The highest BCUT2D eigenvalue weighted by molar-refractivity contribution is 7.89. The van der Waals surface area contributed by atoms with Gasteiger partial charge in [0, 0.05) is 28.4 Å². The number of aryl methyl sites for hydroxylation is 1. The minimum absolute atomic E-state index is 0.0843. The fraction of sp³-hybridized carbons (Fsp3) is 0.227. The van der Waals surface area contributed by atoms with E-state index in [1.165, 1.54) is 23.4 Å². The molecular weight excluding hydrogens is 390 g/mol. The highest BCUT2D eigenvalue weighted by Gasteiger charge is 2.25. The van der Waals surface area contributed by atoms with Crippen LogP contribution in [0.1, 0.15) is 32.6 Å². The normalized spacial score (nSPS) is 11.7. The molecule has 0 radical (unpaired) electrons. The first kappa shape index (κ1) is 20.5. The van der Waals surface area contributed by atoms with Crippen LogP contribution in [0.5, 0.6) is 0 Å². The van der Waals surface area contributed by atoms with Gasteiger partial charge in [-0.15, -0.1) is 11.3 Å². The monoisotopic (exact) mass is 413 g/mol. The molecule has 0 spiro atoms. The van der Waals surface area contributed by atoms with Crippen LogP contribution in [0.4, 0.5) is 0 Å². The largest absolute Gasteiger partial charge is 0.295 e. The summed E-state index contributed by atoms with van der Waals surface area (Å²) < 4.78 is 28.1. The van der Waals surface area contributed by atoms with E-state index in [2.05, 4.69) is 0 Å². The second-order valence-corrected chi connectivity index (χ2v) is 9.98. The smallest absolute Gasteiger partial charge is 0.243 e. The van der Waals surface area contributed by atoms with E-state index in [0.717, 1.165) is 15.3 Å². The summed E-state index contributed by atoms with van der Waals surface area (Å²) in [7, 11) is -3.67. The molecule has 146 valence electrons. The van der Waals surface area contributed by atoms with Gasteiger partial charge in [0.05, 0.1) is 4.90 Å². The van der Waals surface area contributed by atoms with Crippen molar-refractivity contribution in [2.75, 3.05) is 6.54 Å². The molecule has 1 aromatic heterocycles. The van der Waals surface area contributed by atoms with Gasteiger partial charge in [0.25, 0.3) is 0 Å². The zero-order chi connectivity index (χ0) is 20.1. The lowest BCUT2D eigenvalue weighted by atomic mass is 10.1. The van der Waals surface area contributed by atoms with Gasteiger partial charge in [-0.1, -0.05) is 42.5 Å². The standard InChI is InChI=1S/C22H23NO3S2/c1-17-8-11-21(27-17)16-23(15-14-19-6-4-3-5-7-19)28(25,26)22-12-9-20(10-13-22)18(2)24/h3-13H,14-16H2,1-2H3. The number of nitrogens with zero attached hydrogens (tertiary/aromatic N) is 1. The third kappa shape index (κ3) is 4.95.